The minimum Gasteiger partial charge on any atom is -0.355 e. The molecule has 2 rings (SSSR count). The summed E-state index contributed by atoms with van der Waals surface area (Å²) in [6, 6.07) is 12.1. The molecule has 26 heavy (non-hydrogen) atoms. The highest BCUT2D eigenvalue weighted by Gasteiger charge is 2.35. The average molecular weight is 360 g/mol. The van der Waals surface area contributed by atoms with Crippen LogP contribution in [0.1, 0.15) is 25.0 Å². The lowest BCUT2D eigenvalue weighted by Gasteiger charge is -2.23. The fourth-order valence-corrected chi connectivity index (χ4v) is 2.33. The molecule has 2 amide bonds. The standard InChI is InChI=1S/C20H22F2N2O2/c1-20(2,19(26)24-13-15-5-3-4-6-17(15)22)18(25)23-12-11-14-7-9-16(21)10-8-14/h3-10H,11-13H2,1-2H3,(H,23,25)(H,24,26). The van der Waals surface area contributed by atoms with Gasteiger partial charge in [0.15, 0.2) is 0 Å². The molecule has 0 aromatic heterocycles. The summed E-state index contributed by atoms with van der Waals surface area (Å²) in [4.78, 5) is 24.6. The van der Waals surface area contributed by atoms with Crippen molar-refractivity contribution in [2.24, 2.45) is 5.41 Å². The van der Waals surface area contributed by atoms with Crippen LogP contribution >= 0.6 is 0 Å². The van der Waals surface area contributed by atoms with E-state index in [-0.39, 0.29) is 12.4 Å². The van der Waals surface area contributed by atoms with Gasteiger partial charge in [-0.2, -0.15) is 0 Å². The quantitative estimate of drug-likeness (QED) is 0.746. The predicted molar refractivity (Wildman–Crippen MR) is 95.1 cm³/mol. The summed E-state index contributed by atoms with van der Waals surface area (Å²) >= 11 is 0. The first-order valence-corrected chi connectivity index (χ1v) is 8.35. The second kappa shape index (κ2) is 8.56. The molecule has 0 fully saturated rings. The molecule has 0 spiro atoms. The Balaban J connectivity index is 1.84. The zero-order valence-corrected chi connectivity index (χ0v) is 14.8. The van der Waals surface area contributed by atoms with Crippen LogP contribution in [0, 0.1) is 17.0 Å². The average Bonchev–Trinajstić information content (AvgIpc) is 2.62. The van der Waals surface area contributed by atoms with Crippen LogP contribution in [0.25, 0.3) is 0 Å². The van der Waals surface area contributed by atoms with Crippen LogP contribution in [-0.4, -0.2) is 18.4 Å². The van der Waals surface area contributed by atoms with Crippen molar-refractivity contribution in [1.29, 1.82) is 0 Å². The Kier molecular flexibility index (Phi) is 6.44. The molecule has 0 atom stereocenters. The van der Waals surface area contributed by atoms with E-state index in [4.69, 9.17) is 0 Å². The molecule has 0 aliphatic carbocycles. The van der Waals surface area contributed by atoms with Gasteiger partial charge in [-0.15, -0.1) is 0 Å². The largest absolute Gasteiger partial charge is 0.355 e. The Morgan fingerprint density at radius 2 is 1.54 bits per heavy atom. The predicted octanol–water partition coefficient (Wildman–Crippen LogP) is 2.97. The van der Waals surface area contributed by atoms with Gasteiger partial charge < -0.3 is 10.6 Å². The van der Waals surface area contributed by atoms with Crippen LogP contribution in [0.3, 0.4) is 0 Å². The summed E-state index contributed by atoms with van der Waals surface area (Å²) in [6.07, 6.45) is 0.527. The van der Waals surface area contributed by atoms with E-state index in [9.17, 15) is 18.4 Å². The van der Waals surface area contributed by atoms with Crippen LogP contribution in [0.5, 0.6) is 0 Å². The smallest absolute Gasteiger partial charge is 0.235 e. The second-order valence-electron chi connectivity index (χ2n) is 6.53. The number of nitrogens with one attached hydrogen (secondary N) is 2. The lowest BCUT2D eigenvalue weighted by Crippen LogP contribution is -2.48. The normalized spacial score (nSPS) is 11.1. The van der Waals surface area contributed by atoms with Gasteiger partial charge in [0.05, 0.1) is 0 Å². The highest BCUT2D eigenvalue weighted by atomic mass is 19.1. The van der Waals surface area contributed by atoms with Crippen molar-refractivity contribution in [2.45, 2.75) is 26.8 Å². The third kappa shape index (κ3) is 5.12. The van der Waals surface area contributed by atoms with Crippen molar-refractivity contribution < 1.29 is 18.4 Å². The van der Waals surface area contributed by atoms with E-state index in [0.717, 1.165) is 5.56 Å². The summed E-state index contributed by atoms with van der Waals surface area (Å²) in [5.74, 6) is -1.63. The molecule has 138 valence electrons. The van der Waals surface area contributed by atoms with Crippen molar-refractivity contribution in [3.8, 4) is 0 Å². The summed E-state index contributed by atoms with van der Waals surface area (Å²) in [6.45, 7) is 3.36. The minimum atomic E-state index is -1.30. The SMILES string of the molecule is CC(C)(C(=O)NCCc1ccc(F)cc1)C(=O)NCc1ccccc1F. The van der Waals surface area contributed by atoms with E-state index >= 15 is 0 Å². The van der Waals surface area contributed by atoms with Crippen molar-refractivity contribution in [1.82, 2.24) is 10.6 Å². The molecular formula is C20H22F2N2O2. The van der Waals surface area contributed by atoms with Gasteiger partial charge in [-0.05, 0) is 44.0 Å². The van der Waals surface area contributed by atoms with Gasteiger partial charge in [0, 0.05) is 18.7 Å². The topological polar surface area (TPSA) is 58.2 Å². The number of halogens is 2. The van der Waals surface area contributed by atoms with Gasteiger partial charge in [0.25, 0.3) is 0 Å². The van der Waals surface area contributed by atoms with Crippen LogP contribution in [0.15, 0.2) is 48.5 Å². The maximum absolute atomic E-state index is 13.6. The van der Waals surface area contributed by atoms with Crippen LogP contribution in [-0.2, 0) is 22.6 Å². The number of hydrogen-bond donors (Lipinski definition) is 2. The molecule has 0 saturated carbocycles. The first-order valence-electron chi connectivity index (χ1n) is 8.35. The number of carbonyl (C=O) groups excluding carboxylic acids is 2. The van der Waals surface area contributed by atoms with E-state index in [2.05, 4.69) is 10.6 Å². The van der Waals surface area contributed by atoms with Crippen LogP contribution < -0.4 is 10.6 Å². The molecule has 0 radical (unpaired) electrons. The Hall–Kier alpha value is -2.76. The van der Waals surface area contributed by atoms with Gasteiger partial charge in [-0.25, -0.2) is 8.78 Å². The monoisotopic (exact) mass is 360 g/mol. The van der Waals surface area contributed by atoms with Gasteiger partial charge in [-0.3, -0.25) is 9.59 Å². The van der Waals surface area contributed by atoms with Crippen molar-refractivity contribution in [3.05, 3.63) is 71.3 Å². The van der Waals surface area contributed by atoms with Crippen molar-refractivity contribution in [2.75, 3.05) is 6.54 Å². The summed E-state index contributed by atoms with van der Waals surface area (Å²) in [5, 5.41) is 5.30. The summed E-state index contributed by atoms with van der Waals surface area (Å²) in [5.41, 5.74) is -0.0597. The maximum Gasteiger partial charge on any atom is 0.235 e. The zero-order chi connectivity index (χ0) is 19.2. The van der Waals surface area contributed by atoms with Gasteiger partial charge >= 0.3 is 0 Å². The Morgan fingerprint density at radius 1 is 0.923 bits per heavy atom. The zero-order valence-electron chi connectivity index (χ0n) is 14.8. The van der Waals surface area contributed by atoms with E-state index in [1.807, 2.05) is 0 Å². The first kappa shape index (κ1) is 19.6. The molecule has 6 heteroatoms. The molecule has 2 aromatic rings. The lowest BCUT2D eigenvalue weighted by atomic mass is 9.91. The Bertz CT molecular complexity index is 774. The molecule has 0 saturated heterocycles. The number of rotatable bonds is 7. The number of carbonyl (C=O) groups is 2. The summed E-state index contributed by atoms with van der Waals surface area (Å²) < 4.78 is 26.5. The number of amides is 2. The fraction of sp³-hybridized carbons (Fsp3) is 0.300. The van der Waals surface area contributed by atoms with Gasteiger partial charge in [-0.1, -0.05) is 30.3 Å². The van der Waals surface area contributed by atoms with E-state index in [1.165, 1.54) is 32.0 Å². The van der Waals surface area contributed by atoms with Crippen LogP contribution in [0.4, 0.5) is 8.78 Å². The molecule has 0 bridgehead atoms. The minimum absolute atomic E-state index is 0.0117. The lowest BCUT2D eigenvalue weighted by molar-refractivity contribution is -0.141. The van der Waals surface area contributed by atoms with Gasteiger partial charge in [0.1, 0.15) is 17.0 Å². The third-order valence-electron chi connectivity index (χ3n) is 4.15. The Morgan fingerprint density at radius 3 is 2.19 bits per heavy atom. The second-order valence-corrected chi connectivity index (χ2v) is 6.53. The van der Waals surface area contributed by atoms with Crippen LogP contribution in [0.2, 0.25) is 0 Å². The summed E-state index contributed by atoms with van der Waals surface area (Å²) in [7, 11) is 0. The third-order valence-corrected chi connectivity index (χ3v) is 4.15. The maximum atomic E-state index is 13.6. The molecular weight excluding hydrogens is 338 g/mol. The van der Waals surface area contributed by atoms with E-state index in [0.29, 0.717) is 18.5 Å². The molecule has 0 heterocycles. The first-order chi connectivity index (χ1) is 12.3. The number of hydrogen-bond acceptors (Lipinski definition) is 2. The van der Waals surface area contributed by atoms with E-state index < -0.39 is 23.0 Å². The molecule has 0 aliphatic rings. The molecule has 0 unspecified atom stereocenters. The van der Waals surface area contributed by atoms with Crippen molar-refractivity contribution >= 4 is 11.8 Å². The number of benzene rings is 2. The molecule has 0 aliphatic heterocycles. The fourth-order valence-electron chi connectivity index (χ4n) is 2.33. The Labute approximate surface area is 151 Å². The highest BCUT2D eigenvalue weighted by molar-refractivity contribution is 6.04. The van der Waals surface area contributed by atoms with Crippen molar-refractivity contribution in [3.63, 3.8) is 0 Å². The highest BCUT2D eigenvalue weighted by Crippen LogP contribution is 2.16. The molecule has 2 N–H and O–H groups in total. The van der Waals surface area contributed by atoms with E-state index in [1.54, 1.807) is 30.3 Å². The molecule has 4 nitrogen and oxygen atoms in total. The molecule has 2 aromatic carbocycles. The van der Waals surface area contributed by atoms with Gasteiger partial charge in [0.2, 0.25) is 11.8 Å².